The summed E-state index contributed by atoms with van der Waals surface area (Å²) in [6.45, 7) is 1.52. The van der Waals surface area contributed by atoms with Crippen LogP contribution in [0, 0.1) is 6.92 Å². The molecule has 22 heavy (non-hydrogen) atoms. The molecule has 0 aliphatic rings. The lowest BCUT2D eigenvalue weighted by atomic mass is 10.0. The van der Waals surface area contributed by atoms with Gasteiger partial charge in [0.2, 0.25) is 0 Å². The summed E-state index contributed by atoms with van der Waals surface area (Å²) in [6, 6.07) is 7.81. The van der Waals surface area contributed by atoms with E-state index in [0.717, 1.165) is 5.56 Å². The molecule has 1 aromatic heterocycles. The third kappa shape index (κ3) is 2.26. The topological polar surface area (TPSA) is 90.9 Å². The van der Waals surface area contributed by atoms with E-state index in [2.05, 4.69) is 0 Å². The summed E-state index contributed by atoms with van der Waals surface area (Å²) in [7, 11) is 0. The Kier molecular flexibility index (Phi) is 3.25. The third-order valence-electron chi connectivity index (χ3n) is 3.67. The highest BCUT2D eigenvalue weighted by Gasteiger charge is 2.16. The van der Waals surface area contributed by atoms with Crippen LogP contribution in [0.15, 0.2) is 45.8 Å². The normalized spacial score (nSPS) is 11.0. The Morgan fingerprint density at radius 2 is 1.77 bits per heavy atom. The van der Waals surface area contributed by atoms with E-state index in [0.29, 0.717) is 12.0 Å². The fourth-order valence-electron chi connectivity index (χ4n) is 2.35. The van der Waals surface area contributed by atoms with Crippen LogP contribution in [0.3, 0.4) is 0 Å². The quantitative estimate of drug-likeness (QED) is 0.676. The standard InChI is InChI=1S/C17H14O5/c1-9-13(19)7-14-15(16(9)20)17(21)11(8-22-14)6-10-2-4-12(18)5-3-10/h2-5,7-8,18-20H,6H2,1H3. The van der Waals surface area contributed by atoms with Crippen LogP contribution in [0.4, 0.5) is 0 Å². The molecule has 0 radical (unpaired) electrons. The summed E-state index contributed by atoms with van der Waals surface area (Å²) >= 11 is 0. The number of aromatic hydroxyl groups is 3. The van der Waals surface area contributed by atoms with Gasteiger partial charge in [0.25, 0.3) is 0 Å². The smallest absolute Gasteiger partial charge is 0.199 e. The van der Waals surface area contributed by atoms with Gasteiger partial charge in [-0.05, 0) is 24.6 Å². The predicted molar refractivity (Wildman–Crippen MR) is 81.5 cm³/mol. The average molecular weight is 298 g/mol. The van der Waals surface area contributed by atoms with Crippen molar-refractivity contribution in [2.75, 3.05) is 0 Å². The molecule has 3 rings (SSSR count). The molecule has 1 heterocycles. The van der Waals surface area contributed by atoms with Gasteiger partial charge < -0.3 is 19.7 Å². The molecule has 5 heteroatoms. The van der Waals surface area contributed by atoms with E-state index in [1.54, 1.807) is 12.1 Å². The number of benzene rings is 2. The summed E-state index contributed by atoms with van der Waals surface area (Å²) in [5.41, 5.74) is 1.26. The van der Waals surface area contributed by atoms with Crippen LogP contribution in [-0.4, -0.2) is 15.3 Å². The lowest BCUT2D eigenvalue weighted by molar-refractivity contribution is 0.444. The first-order valence-corrected chi connectivity index (χ1v) is 6.71. The molecule has 0 amide bonds. The highest BCUT2D eigenvalue weighted by atomic mass is 16.3. The second-order valence-corrected chi connectivity index (χ2v) is 5.18. The van der Waals surface area contributed by atoms with Gasteiger partial charge in [-0.25, -0.2) is 0 Å². The summed E-state index contributed by atoms with van der Waals surface area (Å²) in [5, 5.41) is 29.1. The second-order valence-electron chi connectivity index (χ2n) is 5.18. The van der Waals surface area contributed by atoms with Crippen molar-refractivity contribution >= 4 is 11.0 Å². The van der Waals surface area contributed by atoms with Crippen molar-refractivity contribution in [2.24, 2.45) is 0 Å². The maximum atomic E-state index is 12.5. The fraction of sp³-hybridized carbons (Fsp3) is 0.118. The van der Waals surface area contributed by atoms with Gasteiger partial charge in [-0.15, -0.1) is 0 Å². The first kappa shape index (κ1) is 14.0. The molecular weight excluding hydrogens is 284 g/mol. The average Bonchev–Trinajstić information content (AvgIpc) is 2.50. The Balaban J connectivity index is 2.14. The van der Waals surface area contributed by atoms with Crippen LogP contribution in [0.1, 0.15) is 16.7 Å². The highest BCUT2D eigenvalue weighted by molar-refractivity contribution is 5.86. The van der Waals surface area contributed by atoms with Gasteiger partial charge in [0.05, 0.1) is 6.26 Å². The van der Waals surface area contributed by atoms with Crippen molar-refractivity contribution in [1.29, 1.82) is 0 Å². The third-order valence-corrected chi connectivity index (χ3v) is 3.67. The monoisotopic (exact) mass is 298 g/mol. The predicted octanol–water partition coefficient (Wildman–Crippen LogP) is 2.81. The van der Waals surface area contributed by atoms with Crippen LogP contribution in [0.5, 0.6) is 17.2 Å². The molecule has 3 aromatic rings. The van der Waals surface area contributed by atoms with Crippen LogP contribution < -0.4 is 5.43 Å². The summed E-state index contributed by atoms with van der Waals surface area (Å²) in [5.74, 6) is -0.242. The Bertz CT molecular complexity index is 907. The van der Waals surface area contributed by atoms with Crippen molar-refractivity contribution in [2.45, 2.75) is 13.3 Å². The molecule has 0 bridgehead atoms. The van der Waals surface area contributed by atoms with Gasteiger partial charge in [-0.3, -0.25) is 4.79 Å². The zero-order chi connectivity index (χ0) is 15.9. The summed E-state index contributed by atoms with van der Waals surface area (Å²) < 4.78 is 5.37. The molecule has 0 atom stereocenters. The van der Waals surface area contributed by atoms with E-state index >= 15 is 0 Å². The van der Waals surface area contributed by atoms with E-state index in [1.165, 1.54) is 31.4 Å². The maximum Gasteiger partial charge on any atom is 0.199 e. The Morgan fingerprint density at radius 1 is 1.09 bits per heavy atom. The number of hydrogen-bond donors (Lipinski definition) is 3. The van der Waals surface area contributed by atoms with Crippen molar-refractivity contribution < 1.29 is 19.7 Å². The van der Waals surface area contributed by atoms with Gasteiger partial charge in [-0.2, -0.15) is 0 Å². The Hall–Kier alpha value is -2.95. The molecule has 0 spiro atoms. The molecular formula is C17H14O5. The van der Waals surface area contributed by atoms with Gasteiger partial charge in [0.1, 0.15) is 28.2 Å². The molecule has 0 unspecified atom stereocenters. The fourth-order valence-corrected chi connectivity index (χ4v) is 2.35. The zero-order valence-corrected chi connectivity index (χ0v) is 11.8. The molecule has 0 saturated carbocycles. The molecule has 5 nitrogen and oxygen atoms in total. The van der Waals surface area contributed by atoms with Gasteiger partial charge in [-0.1, -0.05) is 12.1 Å². The lowest BCUT2D eigenvalue weighted by Crippen LogP contribution is -2.09. The minimum absolute atomic E-state index is 0.0616. The van der Waals surface area contributed by atoms with Crippen LogP contribution in [0.25, 0.3) is 11.0 Å². The number of fused-ring (bicyclic) bond motifs is 1. The summed E-state index contributed by atoms with van der Waals surface area (Å²) in [6.07, 6.45) is 1.64. The largest absolute Gasteiger partial charge is 0.508 e. The maximum absolute atomic E-state index is 12.5. The van der Waals surface area contributed by atoms with Gasteiger partial charge in [0.15, 0.2) is 5.43 Å². The SMILES string of the molecule is Cc1c(O)cc2occ(Cc3ccc(O)cc3)c(=O)c2c1O. The first-order valence-electron chi connectivity index (χ1n) is 6.71. The summed E-state index contributed by atoms with van der Waals surface area (Å²) in [4.78, 5) is 12.5. The highest BCUT2D eigenvalue weighted by Crippen LogP contribution is 2.33. The minimum Gasteiger partial charge on any atom is -0.508 e. The number of phenolic OH excluding ortho intramolecular Hbond substituents is 3. The van der Waals surface area contributed by atoms with E-state index in [1.807, 2.05) is 0 Å². The van der Waals surface area contributed by atoms with E-state index in [9.17, 15) is 20.1 Å². The number of phenols is 3. The second kappa shape index (κ2) is 5.11. The molecule has 0 saturated heterocycles. The molecule has 112 valence electrons. The molecule has 0 fully saturated rings. The molecule has 3 N–H and O–H groups in total. The molecule has 0 aliphatic heterocycles. The van der Waals surface area contributed by atoms with Crippen molar-refractivity contribution in [3.63, 3.8) is 0 Å². The van der Waals surface area contributed by atoms with Crippen molar-refractivity contribution in [3.05, 3.63) is 63.5 Å². The zero-order valence-electron chi connectivity index (χ0n) is 11.8. The molecule has 2 aromatic carbocycles. The number of rotatable bonds is 2. The first-order chi connectivity index (χ1) is 10.5. The van der Waals surface area contributed by atoms with Crippen LogP contribution in [0.2, 0.25) is 0 Å². The minimum atomic E-state index is -0.338. The van der Waals surface area contributed by atoms with Crippen LogP contribution in [-0.2, 0) is 6.42 Å². The molecule has 0 aliphatic carbocycles. The van der Waals surface area contributed by atoms with Crippen molar-refractivity contribution in [3.8, 4) is 17.2 Å². The Morgan fingerprint density at radius 3 is 2.45 bits per heavy atom. The van der Waals surface area contributed by atoms with Crippen LogP contribution >= 0.6 is 0 Å². The van der Waals surface area contributed by atoms with Gasteiger partial charge >= 0.3 is 0 Å². The van der Waals surface area contributed by atoms with E-state index in [-0.39, 0.29) is 39.2 Å². The van der Waals surface area contributed by atoms with Crippen molar-refractivity contribution in [1.82, 2.24) is 0 Å². The Labute approximate surface area is 125 Å². The van der Waals surface area contributed by atoms with E-state index < -0.39 is 0 Å². The number of hydrogen-bond acceptors (Lipinski definition) is 5. The lowest BCUT2D eigenvalue weighted by Gasteiger charge is -2.07. The van der Waals surface area contributed by atoms with E-state index in [4.69, 9.17) is 4.42 Å². The van der Waals surface area contributed by atoms with Gasteiger partial charge in [0, 0.05) is 23.6 Å².